The van der Waals surface area contributed by atoms with Gasteiger partial charge in [0.1, 0.15) is 0 Å². The van der Waals surface area contributed by atoms with E-state index in [0.29, 0.717) is 0 Å². The Hall–Kier alpha value is -1.39. The topological polar surface area (TPSA) is 30.3 Å². The van der Waals surface area contributed by atoms with Crippen LogP contribution < -0.4 is 0 Å². The number of hydrogen-bond donors (Lipinski definition) is 0. The molecule has 2 heterocycles. The second kappa shape index (κ2) is 17.5. The Balaban J connectivity index is 0.000000664. The molecule has 0 bridgehead atoms. The molecule has 4 rings (SSSR count). The van der Waals surface area contributed by atoms with Crippen molar-refractivity contribution in [2.45, 2.75) is 81.2 Å². The number of ether oxygens (including phenoxy) is 1. The van der Waals surface area contributed by atoms with Crippen LogP contribution in [-0.2, 0) is 11.3 Å². The predicted molar refractivity (Wildman–Crippen MR) is 129 cm³/mol. The first kappa shape index (κ1) is 27.6. The number of aryl methyl sites for hydroxylation is 2. The van der Waals surface area contributed by atoms with Gasteiger partial charge in [-0.2, -0.15) is 5.10 Å². The van der Waals surface area contributed by atoms with Crippen LogP contribution in [0.3, 0.4) is 0 Å². The zero-order valence-electron chi connectivity index (χ0n) is 20.5. The molecular weight excluding hydrogens is 358 g/mol. The molecule has 2 fully saturated rings. The summed E-state index contributed by atoms with van der Waals surface area (Å²) in [5, 5.41) is 5.73. The quantitative estimate of drug-likeness (QED) is 0.577. The summed E-state index contributed by atoms with van der Waals surface area (Å²) in [6.07, 6.45) is 6.08. The molecule has 0 unspecified atom stereocenters. The van der Waals surface area contributed by atoms with Gasteiger partial charge in [-0.25, -0.2) is 0 Å². The Morgan fingerprint density at radius 3 is 2.10 bits per heavy atom. The van der Waals surface area contributed by atoms with Crippen LogP contribution in [0.1, 0.15) is 73.3 Å². The van der Waals surface area contributed by atoms with E-state index in [1.165, 1.54) is 29.3 Å². The number of rotatable bonds is 4. The molecule has 1 saturated heterocycles. The Morgan fingerprint density at radius 2 is 1.55 bits per heavy atom. The molecule has 0 N–H and O–H groups in total. The second-order valence-corrected chi connectivity index (χ2v) is 6.92. The monoisotopic (exact) mass is 405 g/mol. The fraction of sp³-hybridized carbons (Fsp3) is 0.720. The molecule has 0 spiro atoms. The van der Waals surface area contributed by atoms with E-state index in [4.69, 9.17) is 4.74 Å². The van der Waals surface area contributed by atoms with Crippen LogP contribution in [0.4, 0.5) is 0 Å². The molecule has 2 aliphatic rings. The van der Waals surface area contributed by atoms with Crippen LogP contribution in [0.15, 0.2) is 24.4 Å². The normalized spacial score (nSPS) is 15.4. The van der Waals surface area contributed by atoms with Gasteiger partial charge in [0.15, 0.2) is 0 Å². The molecule has 0 amide bonds. The van der Waals surface area contributed by atoms with Gasteiger partial charge in [-0.05, 0) is 30.9 Å². The lowest BCUT2D eigenvalue weighted by atomic mass is 10.2. The van der Waals surface area contributed by atoms with Gasteiger partial charge in [0, 0.05) is 31.6 Å². The number of nitrogens with zero attached hydrogens (tertiary/aromatic N) is 3. The van der Waals surface area contributed by atoms with Gasteiger partial charge in [-0.3, -0.25) is 9.58 Å². The number of aromatic nitrogens is 2. The first-order chi connectivity index (χ1) is 14.2. The SMILES string of the molecule is CC.CC.CC.CC1CC1.Cc1ccc2cnn(CCCN3CCOCC3)c2c1. The highest BCUT2D eigenvalue weighted by Gasteiger charge is 2.12. The minimum Gasteiger partial charge on any atom is -0.379 e. The molecule has 1 aliphatic heterocycles. The average Bonchev–Trinajstić information content (AvgIpc) is 3.48. The molecule has 2 aromatic rings. The predicted octanol–water partition coefficient (Wildman–Crippen LogP) is 6.56. The molecule has 4 heteroatoms. The van der Waals surface area contributed by atoms with Crippen LogP contribution in [-0.4, -0.2) is 47.5 Å². The summed E-state index contributed by atoms with van der Waals surface area (Å²) < 4.78 is 7.49. The highest BCUT2D eigenvalue weighted by molar-refractivity contribution is 5.79. The summed E-state index contributed by atoms with van der Waals surface area (Å²) in [5.74, 6) is 1.08. The van der Waals surface area contributed by atoms with E-state index in [9.17, 15) is 0 Å². The van der Waals surface area contributed by atoms with Crippen molar-refractivity contribution in [1.82, 2.24) is 14.7 Å². The molecule has 1 saturated carbocycles. The molecule has 1 aromatic heterocycles. The lowest BCUT2D eigenvalue weighted by Gasteiger charge is -2.26. The molecule has 1 aromatic carbocycles. The van der Waals surface area contributed by atoms with E-state index in [2.05, 4.69) is 46.7 Å². The van der Waals surface area contributed by atoms with Crippen LogP contribution in [0.25, 0.3) is 10.9 Å². The number of benzene rings is 1. The van der Waals surface area contributed by atoms with Gasteiger partial charge in [-0.15, -0.1) is 0 Å². The molecular formula is C25H47N3O. The molecule has 168 valence electrons. The Bertz CT molecular complexity index is 614. The van der Waals surface area contributed by atoms with Crippen molar-refractivity contribution in [3.63, 3.8) is 0 Å². The van der Waals surface area contributed by atoms with Crippen molar-refractivity contribution in [3.05, 3.63) is 30.0 Å². The Labute approximate surface area is 180 Å². The number of morpholine rings is 1. The fourth-order valence-electron chi connectivity index (χ4n) is 2.79. The van der Waals surface area contributed by atoms with Gasteiger partial charge in [-0.1, -0.05) is 73.4 Å². The zero-order chi connectivity index (χ0) is 22.1. The summed E-state index contributed by atoms with van der Waals surface area (Å²) in [4.78, 5) is 2.47. The van der Waals surface area contributed by atoms with Gasteiger partial charge in [0.05, 0.1) is 24.9 Å². The van der Waals surface area contributed by atoms with Crippen LogP contribution in [0.5, 0.6) is 0 Å². The Morgan fingerprint density at radius 1 is 0.966 bits per heavy atom. The summed E-state index contributed by atoms with van der Waals surface area (Å²) >= 11 is 0. The highest BCUT2D eigenvalue weighted by Crippen LogP contribution is 2.26. The first-order valence-electron chi connectivity index (χ1n) is 11.9. The third-order valence-corrected chi connectivity index (χ3v) is 4.61. The number of hydrogen-bond acceptors (Lipinski definition) is 3. The fourth-order valence-corrected chi connectivity index (χ4v) is 2.79. The zero-order valence-corrected chi connectivity index (χ0v) is 20.5. The van der Waals surface area contributed by atoms with E-state index in [0.717, 1.165) is 51.7 Å². The van der Waals surface area contributed by atoms with Crippen molar-refractivity contribution in [2.75, 3.05) is 32.8 Å². The summed E-state index contributed by atoms with van der Waals surface area (Å²) in [5.41, 5.74) is 2.55. The summed E-state index contributed by atoms with van der Waals surface area (Å²) in [7, 11) is 0. The van der Waals surface area contributed by atoms with Crippen LogP contribution in [0, 0.1) is 12.8 Å². The van der Waals surface area contributed by atoms with E-state index in [1.807, 2.05) is 47.7 Å². The number of fused-ring (bicyclic) bond motifs is 1. The molecule has 1 aliphatic carbocycles. The van der Waals surface area contributed by atoms with Crippen molar-refractivity contribution in [1.29, 1.82) is 0 Å². The van der Waals surface area contributed by atoms with E-state index < -0.39 is 0 Å². The lowest BCUT2D eigenvalue weighted by Crippen LogP contribution is -2.37. The smallest absolute Gasteiger partial charge is 0.0685 e. The molecule has 4 nitrogen and oxygen atoms in total. The third kappa shape index (κ3) is 11.4. The summed E-state index contributed by atoms with van der Waals surface area (Å²) in [6, 6.07) is 6.51. The van der Waals surface area contributed by atoms with Crippen molar-refractivity contribution < 1.29 is 4.74 Å². The van der Waals surface area contributed by atoms with E-state index in [-0.39, 0.29) is 0 Å². The maximum atomic E-state index is 5.36. The van der Waals surface area contributed by atoms with Crippen LogP contribution >= 0.6 is 0 Å². The minimum absolute atomic E-state index is 0.879. The second-order valence-electron chi connectivity index (χ2n) is 6.92. The molecule has 0 atom stereocenters. The largest absolute Gasteiger partial charge is 0.379 e. The highest BCUT2D eigenvalue weighted by atomic mass is 16.5. The molecule has 0 radical (unpaired) electrons. The first-order valence-corrected chi connectivity index (χ1v) is 11.9. The van der Waals surface area contributed by atoms with Crippen molar-refractivity contribution >= 4 is 10.9 Å². The van der Waals surface area contributed by atoms with Crippen LogP contribution in [0.2, 0.25) is 0 Å². The lowest BCUT2D eigenvalue weighted by molar-refractivity contribution is 0.0368. The molecule has 29 heavy (non-hydrogen) atoms. The minimum atomic E-state index is 0.879. The van der Waals surface area contributed by atoms with E-state index >= 15 is 0 Å². The van der Waals surface area contributed by atoms with Gasteiger partial charge in [0.25, 0.3) is 0 Å². The van der Waals surface area contributed by atoms with Gasteiger partial charge < -0.3 is 4.74 Å². The Kier molecular flexibility index (Phi) is 16.6. The summed E-state index contributed by atoms with van der Waals surface area (Å²) in [6.45, 7) is 22.4. The standard InChI is InChI=1S/C15H21N3O.C4H8.3C2H6/c1-13-3-4-14-12-16-18(15(14)11-13)6-2-5-17-7-9-19-10-8-17;1-4-2-3-4;3*1-2/h3-4,11-12H,2,5-10H2,1H3;4H,2-3H2,1H3;3*1-2H3. The maximum absolute atomic E-state index is 5.36. The van der Waals surface area contributed by atoms with Crippen molar-refractivity contribution in [2.24, 2.45) is 5.92 Å². The van der Waals surface area contributed by atoms with Crippen molar-refractivity contribution in [3.8, 4) is 0 Å². The van der Waals surface area contributed by atoms with E-state index in [1.54, 1.807) is 0 Å². The van der Waals surface area contributed by atoms with Gasteiger partial charge in [0.2, 0.25) is 0 Å². The average molecular weight is 406 g/mol. The maximum Gasteiger partial charge on any atom is 0.0685 e. The third-order valence-electron chi connectivity index (χ3n) is 4.61. The van der Waals surface area contributed by atoms with Gasteiger partial charge >= 0.3 is 0 Å².